The number of hydrogen-bond donors (Lipinski definition) is 1. The van der Waals surface area contributed by atoms with Crippen molar-refractivity contribution in [3.63, 3.8) is 0 Å². The van der Waals surface area contributed by atoms with E-state index < -0.39 is 11.7 Å². The maximum absolute atomic E-state index is 13.1. The van der Waals surface area contributed by atoms with Crippen LogP contribution in [0.25, 0.3) is 5.69 Å². The van der Waals surface area contributed by atoms with Crippen LogP contribution in [0.4, 0.5) is 30.5 Å². The molecular weight excluding hydrogens is 444 g/mol. The van der Waals surface area contributed by atoms with E-state index in [4.69, 9.17) is 12.6 Å². The highest BCUT2D eigenvalue weighted by molar-refractivity contribution is 6.29. The lowest BCUT2D eigenvalue weighted by molar-refractivity contribution is -0.137. The molecule has 34 heavy (non-hydrogen) atoms. The summed E-state index contributed by atoms with van der Waals surface area (Å²) in [5.41, 5.74) is 2.35. The van der Waals surface area contributed by atoms with E-state index in [-0.39, 0.29) is 17.4 Å². The van der Waals surface area contributed by atoms with Crippen molar-refractivity contribution < 1.29 is 17.9 Å². The van der Waals surface area contributed by atoms with Crippen LogP contribution in [0.15, 0.2) is 42.5 Å². The van der Waals surface area contributed by atoms with E-state index in [0.29, 0.717) is 6.04 Å². The quantitative estimate of drug-likeness (QED) is 0.582. The number of aromatic nitrogens is 3. The Morgan fingerprint density at radius 3 is 2.47 bits per heavy atom. The number of benzene rings is 2. The number of halogens is 3. The van der Waals surface area contributed by atoms with Crippen molar-refractivity contribution >= 4 is 30.9 Å². The lowest BCUT2D eigenvalue weighted by atomic mass is 10.1. The van der Waals surface area contributed by atoms with Gasteiger partial charge >= 0.3 is 6.18 Å². The van der Waals surface area contributed by atoms with Crippen molar-refractivity contribution in [2.45, 2.75) is 19.1 Å². The van der Waals surface area contributed by atoms with Crippen LogP contribution < -0.4 is 15.9 Å². The van der Waals surface area contributed by atoms with Crippen LogP contribution in [0.5, 0.6) is 0 Å². The predicted octanol–water partition coefficient (Wildman–Crippen LogP) is 2.65. The molecule has 0 atom stereocenters. The van der Waals surface area contributed by atoms with Crippen LogP contribution in [-0.4, -0.2) is 72.9 Å². The summed E-state index contributed by atoms with van der Waals surface area (Å²) in [6, 6.07) is 11.5. The van der Waals surface area contributed by atoms with E-state index >= 15 is 0 Å². The molecule has 1 N–H and O–H groups in total. The summed E-state index contributed by atoms with van der Waals surface area (Å²) < 4.78 is 45.8. The molecule has 176 valence electrons. The van der Waals surface area contributed by atoms with Gasteiger partial charge in [0.15, 0.2) is 7.85 Å². The number of alkyl halides is 3. The molecule has 0 bridgehead atoms. The van der Waals surface area contributed by atoms with Crippen LogP contribution >= 0.6 is 0 Å². The fraction of sp³-hybridized carbons (Fsp3) is 0.391. The zero-order chi connectivity index (χ0) is 23.9. The maximum Gasteiger partial charge on any atom is 0.416 e. The Labute approximate surface area is 196 Å². The van der Waals surface area contributed by atoms with Crippen molar-refractivity contribution in [2.24, 2.45) is 0 Å². The third-order valence-electron chi connectivity index (χ3n) is 6.18. The number of nitrogens with one attached hydrogen (secondary N) is 1. The molecule has 0 spiro atoms. The van der Waals surface area contributed by atoms with Gasteiger partial charge in [0.25, 0.3) is 0 Å². The number of ether oxygens (including phenoxy) is 1. The van der Waals surface area contributed by atoms with Crippen molar-refractivity contribution in [3.8, 4) is 5.69 Å². The Balaban J connectivity index is 1.32. The molecule has 0 amide bonds. The summed E-state index contributed by atoms with van der Waals surface area (Å²) in [6.45, 7) is 7.49. The standard InChI is InChI=1S/C23H24BF3N6O/c1-15-9-17(12-19(10-15)31-5-7-32(8-6-31)20-13-34-14-20)28-22-29-21(24)33(30-22)18-4-2-3-16(11-18)23(25,26)27/h2-4,9-12,20H,5-8,13-14H2,1H3,(H,28,30). The molecule has 0 unspecified atom stereocenters. The molecule has 1 aromatic heterocycles. The lowest BCUT2D eigenvalue weighted by Crippen LogP contribution is -2.56. The van der Waals surface area contributed by atoms with E-state index in [0.717, 1.165) is 68.5 Å². The summed E-state index contributed by atoms with van der Waals surface area (Å²) in [6.07, 6.45) is -4.46. The van der Waals surface area contributed by atoms with Crippen molar-refractivity contribution in [1.29, 1.82) is 0 Å². The summed E-state index contributed by atoms with van der Waals surface area (Å²) in [5.74, 6) is 0.210. The van der Waals surface area contributed by atoms with Gasteiger partial charge in [-0.1, -0.05) is 6.07 Å². The second-order valence-electron chi connectivity index (χ2n) is 8.65. The molecule has 5 rings (SSSR count). The summed E-state index contributed by atoms with van der Waals surface area (Å²) in [7, 11) is 5.96. The van der Waals surface area contributed by atoms with Gasteiger partial charge in [0.1, 0.15) is 0 Å². The number of piperazine rings is 1. The molecule has 2 radical (unpaired) electrons. The normalized spacial score (nSPS) is 17.6. The molecule has 0 aliphatic carbocycles. The molecule has 2 aromatic carbocycles. The molecule has 3 heterocycles. The molecule has 0 saturated carbocycles. The van der Waals surface area contributed by atoms with Crippen molar-refractivity contribution in [1.82, 2.24) is 19.7 Å². The molecule has 3 aromatic rings. The van der Waals surface area contributed by atoms with Crippen molar-refractivity contribution in [2.75, 3.05) is 49.6 Å². The SMILES string of the molecule is [B]c1nc(Nc2cc(C)cc(N3CCN(C4COC4)CC3)c2)nn1-c1cccc(C(F)(F)F)c1. The minimum absolute atomic E-state index is 0.00852. The fourth-order valence-electron chi connectivity index (χ4n) is 4.31. The molecule has 2 fully saturated rings. The zero-order valence-electron chi connectivity index (χ0n) is 18.7. The summed E-state index contributed by atoms with van der Waals surface area (Å²) in [5, 5.41) is 7.43. The van der Waals surface area contributed by atoms with Gasteiger partial charge in [0, 0.05) is 37.6 Å². The lowest BCUT2D eigenvalue weighted by Gasteiger charge is -2.43. The molecule has 11 heteroatoms. The summed E-state index contributed by atoms with van der Waals surface area (Å²) in [4.78, 5) is 9.02. The van der Waals surface area contributed by atoms with Crippen LogP contribution in [-0.2, 0) is 10.9 Å². The number of hydrogen-bond acceptors (Lipinski definition) is 6. The van der Waals surface area contributed by atoms with E-state index in [9.17, 15) is 13.2 Å². The van der Waals surface area contributed by atoms with Crippen molar-refractivity contribution in [3.05, 3.63) is 53.6 Å². The van der Waals surface area contributed by atoms with E-state index in [2.05, 4.69) is 31.3 Å². The Kier molecular flexibility index (Phi) is 5.99. The Hall–Kier alpha value is -3.05. The fourth-order valence-corrected chi connectivity index (χ4v) is 4.31. The summed E-state index contributed by atoms with van der Waals surface area (Å²) >= 11 is 0. The van der Waals surface area contributed by atoms with Gasteiger partial charge in [-0.25, -0.2) is 9.67 Å². The number of aryl methyl sites for hydroxylation is 1. The van der Waals surface area contributed by atoms with Crippen LogP contribution in [0, 0.1) is 6.92 Å². The van der Waals surface area contributed by atoms with E-state index in [1.807, 2.05) is 19.1 Å². The number of nitrogens with zero attached hydrogens (tertiary/aromatic N) is 5. The van der Waals surface area contributed by atoms with Gasteiger partial charge in [-0.05, 0) is 48.9 Å². The third kappa shape index (κ3) is 4.76. The molecule has 2 saturated heterocycles. The van der Waals surface area contributed by atoms with Gasteiger partial charge in [-0.3, -0.25) is 4.90 Å². The predicted molar refractivity (Wildman–Crippen MR) is 125 cm³/mol. The topological polar surface area (TPSA) is 58.5 Å². The average molecular weight is 468 g/mol. The molecule has 7 nitrogen and oxygen atoms in total. The van der Waals surface area contributed by atoms with Crippen LogP contribution in [0.1, 0.15) is 11.1 Å². The van der Waals surface area contributed by atoms with E-state index in [1.54, 1.807) is 0 Å². The monoisotopic (exact) mass is 468 g/mol. The molecule has 2 aliphatic heterocycles. The number of rotatable bonds is 5. The minimum atomic E-state index is -4.46. The molecule has 2 aliphatic rings. The Morgan fingerprint density at radius 1 is 1.03 bits per heavy atom. The zero-order valence-corrected chi connectivity index (χ0v) is 18.7. The first-order valence-electron chi connectivity index (χ1n) is 11.1. The third-order valence-corrected chi connectivity index (χ3v) is 6.18. The second kappa shape index (κ2) is 8.96. The average Bonchev–Trinajstić information content (AvgIpc) is 3.12. The second-order valence-corrected chi connectivity index (χ2v) is 8.65. The minimum Gasteiger partial charge on any atom is -0.378 e. The number of anilines is 3. The van der Waals surface area contributed by atoms with Gasteiger partial charge in [-0.2, -0.15) is 13.2 Å². The molecular formula is C23H24BF3N6O. The first-order valence-corrected chi connectivity index (χ1v) is 11.1. The van der Waals surface area contributed by atoms with Gasteiger partial charge in [-0.15, -0.1) is 5.10 Å². The Morgan fingerprint density at radius 2 is 1.79 bits per heavy atom. The largest absolute Gasteiger partial charge is 0.416 e. The van der Waals surface area contributed by atoms with Crippen LogP contribution in [0.2, 0.25) is 0 Å². The van der Waals surface area contributed by atoms with Gasteiger partial charge < -0.3 is 15.0 Å². The Bertz CT molecular complexity index is 1170. The van der Waals surface area contributed by atoms with Crippen LogP contribution in [0.3, 0.4) is 0 Å². The highest BCUT2D eigenvalue weighted by Crippen LogP contribution is 2.30. The first kappa shape index (κ1) is 22.7. The highest BCUT2D eigenvalue weighted by atomic mass is 19.4. The van der Waals surface area contributed by atoms with E-state index in [1.165, 1.54) is 16.8 Å². The maximum atomic E-state index is 13.1. The van der Waals surface area contributed by atoms with Gasteiger partial charge in [0.05, 0.1) is 36.2 Å². The highest BCUT2D eigenvalue weighted by Gasteiger charge is 2.31. The van der Waals surface area contributed by atoms with Gasteiger partial charge in [0.2, 0.25) is 5.95 Å². The first-order chi connectivity index (χ1) is 16.3. The smallest absolute Gasteiger partial charge is 0.378 e.